The fraction of sp³-hybridized carbons (Fsp3) is 0.714. The number of carbonyl (C=O) groups is 8. The highest BCUT2D eigenvalue weighted by Crippen LogP contribution is 2.28. The molecule has 0 aromatic carbocycles. The first-order valence-corrected chi connectivity index (χ1v) is 14.5. The van der Waals surface area contributed by atoms with Gasteiger partial charge in [0.05, 0.1) is 13.2 Å². The summed E-state index contributed by atoms with van der Waals surface area (Å²) in [7, 11) is 0. The van der Waals surface area contributed by atoms with Gasteiger partial charge >= 0.3 is 0 Å². The Labute approximate surface area is 312 Å². The molecule has 0 spiro atoms. The van der Waals surface area contributed by atoms with E-state index >= 15 is 0 Å². The van der Waals surface area contributed by atoms with Gasteiger partial charge in [-0.1, -0.05) is 0 Å². The Balaban J connectivity index is -0.000000117. The van der Waals surface area contributed by atoms with E-state index < -0.39 is 122 Å². The zero-order valence-electron chi connectivity index (χ0n) is 30.8. The van der Waals surface area contributed by atoms with Crippen LogP contribution in [0, 0.1) is 0 Å². The topological polar surface area (TPSA) is 488 Å². The fourth-order valence-corrected chi connectivity index (χ4v) is 2.57. The first-order valence-electron chi connectivity index (χ1n) is 14.5. The zero-order chi connectivity index (χ0) is 45.9. The lowest BCUT2D eigenvalue weighted by molar-refractivity contribution is -0.355. The number of aliphatic hydroxyl groups excluding tert-OH is 8. The Morgan fingerprint density at radius 3 is 0.891 bits per heavy atom. The van der Waals surface area contributed by atoms with Gasteiger partial charge in [0.25, 0.3) is 47.8 Å². The van der Waals surface area contributed by atoms with Crippen molar-refractivity contribution in [1.29, 1.82) is 0 Å². The number of rotatable bonds is 4. The van der Waals surface area contributed by atoms with Crippen LogP contribution in [0.1, 0.15) is 55.4 Å². The number of hydrogen-bond acceptors (Lipinski definition) is 19. The maximum absolute atomic E-state index is 9.94. The van der Waals surface area contributed by atoms with E-state index in [4.69, 9.17) is 98.5 Å². The van der Waals surface area contributed by atoms with Crippen LogP contribution in [0.3, 0.4) is 0 Å². The predicted molar refractivity (Wildman–Crippen MR) is 175 cm³/mol. The van der Waals surface area contributed by atoms with Crippen LogP contribution in [-0.4, -0.2) is 204 Å². The van der Waals surface area contributed by atoms with Crippen LogP contribution in [0.4, 0.5) is 0 Å². The average Bonchev–Trinajstić information content (AvgIpc) is 2.95. The van der Waals surface area contributed by atoms with Gasteiger partial charge in [-0.2, -0.15) is 0 Å². The summed E-state index contributed by atoms with van der Waals surface area (Å²) < 4.78 is 15.3. The molecule has 2 aliphatic rings. The molecule has 27 heteroatoms. The van der Waals surface area contributed by atoms with Gasteiger partial charge in [0.2, 0.25) is 0 Å². The lowest BCUT2D eigenvalue weighted by Gasteiger charge is -2.45. The molecule has 0 aromatic heterocycles. The number of hydrogen-bond donors (Lipinski definition) is 16. The standard InChI is InChI=1S/C12H22O11.8C2H4O2/c13-1-3-5(15)6(16)9(19)12(22-3)23-10-4(2-14)21-11(20)8(18)7(10)17;8*1-2(3)4/h3-20H,1-2H2;8*1H3,(H,3,4)/t3-,4-,5+,6+,7-,8-,9-,10-,11?,12+;;;;;;;;/m1......../s1. The summed E-state index contributed by atoms with van der Waals surface area (Å²) in [4.78, 5) is 72.0. The normalized spacial score (nSPS) is 25.2. The minimum Gasteiger partial charge on any atom is -0.481 e. The molecular formula is C28H54O27. The van der Waals surface area contributed by atoms with E-state index in [0.717, 1.165) is 55.4 Å². The molecule has 0 bridgehead atoms. The van der Waals surface area contributed by atoms with E-state index in [1.54, 1.807) is 0 Å². The van der Waals surface area contributed by atoms with Gasteiger partial charge < -0.3 is 95.9 Å². The van der Waals surface area contributed by atoms with Crippen LogP contribution < -0.4 is 0 Å². The van der Waals surface area contributed by atoms with Crippen molar-refractivity contribution in [3.8, 4) is 0 Å². The Kier molecular flexibility index (Phi) is 46.3. The van der Waals surface area contributed by atoms with Crippen molar-refractivity contribution >= 4 is 47.8 Å². The SMILES string of the molecule is CC(=O)O.CC(=O)O.CC(=O)O.CC(=O)O.CC(=O)O.CC(=O)O.CC(=O)O.CC(=O)O.OC[C@H]1O[C@@H](O[C@H]2[C@H](O)[C@@H](O)C(O)O[C@@H]2CO)[C@H](O)[C@@H](O)[C@H]1O. The molecular weight excluding hydrogens is 768 g/mol. The number of aliphatic carboxylic acids is 8. The van der Waals surface area contributed by atoms with Gasteiger partial charge in [0.15, 0.2) is 12.6 Å². The van der Waals surface area contributed by atoms with Crippen LogP contribution in [0.5, 0.6) is 0 Å². The van der Waals surface area contributed by atoms with Crippen LogP contribution >= 0.6 is 0 Å². The van der Waals surface area contributed by atoms with Gasteiger partial charge in [-0.3, -0.25) is 38.4 Å². The third-order valence-electron chi connectivity index (χ3n) is 3.98. The van der Waals surface area contributed by atoms with E-state index in [2.05, 4.69) is 0 Å². The number of ether oxygens (including phenoxy) is 3. The molecule has 16 N–H and O–H groups in total. The lowest BCUT2D eigenvalue weighted by Crippen LogP contribution is -2.64. The van der Waals surface area contributed by atoms with Crippen molar-refractivity contribution < 1.29 is 134 Å². The second-order valence-electron chi connectivity index (χ2n) is 9.68. The zero-order valence-corrected chi connectivity index (χ0v) is 30.8. The summed E-state index contributed by atoms with van der Waals surface area (Å²) in [6, 6.07) is 0. The van der Waals surface area contributed by atoms with E-state index in [1.165, 1.54) is 0 Å². The average molecular weight is 823 g/mol. The van der Waals surface area contributed by atoms with Crippen molar-refractivity contribution in [3.05, 3.63) is 0 Å². The molecule has 10 atom stereocenters. The summed E-state index contributed by atoms with van der Waals surface area (Å²) >= 11 is 0. The summed E-state index contributed by atoms with van der Waals surface area (Å²) in [6.07, 6.45) is -15.6. The number of aliphatic hydroxyl groups is 8. The summed E-state index contributed by atoms with van der Waals surface area (Å²) in [6.45, 7) is 7.32. The molecule has 0 saturated carbocycles. The molecule has 27 nitrogen and oxygen atoms in total. The highest BCUT2D eigenvalue weighted by Gasteiger charge is 2.50. The second-order valence-corrected chi connectivity index (χ2v) is 9.68. The molecule has 0 radical (unpaired) electrons. The van der Waals surface area contributed by atoms with Crippen molar-refractivity contribution in [2.24, 2.45) is 0 Å². The third-order valence-corrected chi connectivity index (χ3v) is 3.98. The minimum atomic E-state index is -1.74. The molecule has 2 heterocycles. The maximum Gasteiger partial charge on any atom is 0.300 e. The Morgan fingerprint density at radius 2 is 0.655 bits per heavy atom. The minimum absolute atomic E-state index is 0.667. The highest BCUT2D eigenvalue weighted by molar-refractivity contribution is 5.64. The Hall–Kier alpha value is -4.68. The van der Waals surface area contributed by atoms with Crippen LogP contribution in [-0.2, 0) is 52.6 Å². The molecule has 0 aliphatic carbocycles. The molecule has 2 fully saturated rings. The molecule has 328 valence electrons. The molecule has 1 unspecified atom stereocenters. The Morgan fingerprint density at radius 1 is 0.400 bits per heavy atom. The predicted octanol–water partition coefficient (Wildman–Crippen LogP) is -4.67. The van der Waals surface area contributed by atoms with E-state index in [0.29, 0.717) is 0 Å². The first kappa shape index (κ1) is 65.2. The van der Waals surface area contributed by atoms with E-state index in [-0.39, 0.29) is 0 Å². The van der Waals surface area contributed by atoms with Gasteiger partial charge in [-0.25, -0.2) is 0 Å². The van der Waals surface area contributed by atoms with Gasteiger partial charge in [0.1, 0.15) is 48.8 Å². The van der Waals surface area contributed by atoms with Crippen LogP contribution in [0.15, 0.2) is 0 Å². The Bertz CT molecular complexity index is 901. The summed E-state index contributed by atoms with van der Waals surface area (Å²) in [5.41, 5.74) is 0. The molecule has 55 heavy (non-hydrogen) atoms. The van der Waals surface area contributed by atoms with Crippen LogP contribution in [0.25, 0.3) is 0 Å². The quantitative estimate of drug-likeness (QED) is 0.127. The van der Waals surface area contributed by atoms with Gasteiger partial charge in [-0.15, -0.1) is 0 Å². The van der Waals surface area contributed by atoms with Crippen molar-refractivity contribution in [2.45, 2.75) is 117 Å². The largest absolute Gasteiger partial charge is 0.481 e. The van der Waals surface area contributed by atoms with Gasteiger partial charge in [-0.05, 0) is 0 Å². The maximum atomic E-state index is 9.94. The van der Waals surface area contributed by atoms with E-state index in [9.17, 15) is 35.7 Å². The highest BCUT2D eigenvalue weighted by atomic mass is 16.7. The molecule has 2 saturated heterocycles. The molecule has 2 rings (SSSR count). The van der Waals surface area contributed by atoms with Gasteiger partial charge in [0, 0.05) is 55.4 Å². The smallest absolute Gasteiger partial charge is 0.300 e. The summed E-state index contributed by atoms with van der Waals surface area (Å²) in [5.74, 6) is -6.67. The second kappa shape index (κ2) is 39.0. The van der Waals surface area contributed by atoms with Crippen molar-refractivity contribution in [1.82, 2.24) is 0 Å². The molecule has 2 aliphatic heterocycles. The first-order chi connectivity index (χ1) is 24.7. The third kappa shape index (κ3) is 58.8. The van der Waals surface area contributed by atoms with Crippen LogP contribution in [0.2, 0.25) is 0 Å². The monoisotopic (exact) mass is 822 g/mol. The van der Waals surface area contributed by atoms with Crippen molar-refractivity contribution in [3.63, 3.8) is 0 Å². The lowest BCUT2D eigenvalue weighted by atomic mass is 9.97. The fourth-order valence-electron chi connectivity index (χ4n) is 2.57. The number of carboxylic acid groups (broad SMARTS) is 8. The number of carboxylic acids is 8. The van der Waals surface area contributed by atoms with E-state index in [1.807, 2.05) is 0 Å². The molecule has 0 aromatic rings. The van der Waals surface area contributed by atoms with Crippen molar-refractivity contribution in [2.75, 3.05) is 13.2 Å². The molecule has 0 amide bonds. The summed E-state index contributed by atoms with van der Waals surface area (Å²) in [5, 5.41) is 136.